The van der Waals surface area contributed by atoms with Gasteiger partial charge in [0.15, 0.2) is 12.2 Å². The van der Waals surface area contributed by atoms with Crippen LogP contribution in [0.5, 0.6) is 0 Å². The van der Waals surface area contributed by atoms with Crippen LogP contribution in [0, 0.1) is 0 Å². The van der Waals surface area contributed by atoms with Gasteiger partial charge >= 0.3 is 0 Å². The molecule has 26 heavy (non-hydrogen) atoms. The summed E-state index contributed by atoms with van der Waals surface area (Å²) in [6.45, 7) is 0.719. The summed E-state index contributed by atoms with van der Waals surface area (Å²) in [6, 6.07) is 19.3. The zero-order valence-corrected chi connectivity index (χ0v) is 14.5. The predicted molar refractivity (Wildman–Crippen MR) is 98.1 cm³/mol. The van der Waals surface area contributed by atoms with Crippen LogP contribution in [0.3, 0.4) is 0 Å². The van der Waals surface area contributed by atoms with Gasteiger partial charge in [-0.3, -0.25) is 9.59 Å². The second-order valence-electron chi connectivity index (χ2n) is 6.09. The topological polar surface area (TPSA) is 104 Å². The molecule has 0 aliphatic heterocycles. The Kier molecular flexibility index (Phi) is 7.32. The molecule has 0 spiro atoms. The number of aliphatic hydroxyl groups excluding tert-OH is 2. The number of carbonyl (C=O) groups excluding carboxylic acids is 2. The lowest BCUT2D eigenvalue weighted by molar-refractivity contribution is -0.151. The van der Waals surface area contributed by atoms with Crippen LogP contribution in [0.15, 0.2) is 60.7 Å². The van der Waals surface area contributed by atoms with Crippen molar-refractivity contribution >= 4 is 11.8 Å². The Balaban J connectivity index is 2.06. The average Bonchev–Trinajstić information content (AvgIpc) is 2.68. The van der Waals surface area contributed by atoms with Gasteiger partial charge in [0, 0.05) is 13.1 Å². The summed E-state index contributed by atoms with van der Waals surface area (Å²) in [5, 5.41) is 19.6. The average molecular weight is 356 g/mol. The largest absolute Gasteiger partial charge is 0.380 e. The lowest BCUT2D eigenvalue weighted by Gasteiger charge is -2.26. The molecule has 0 bridgehead atoms. The smallest absolute Gasteiger partial charge is 0.254 e. The number of nitrogens with two attached hydrogens (primary N) is 1. The first-order valence-electron chi connectivity index (χ1n) is 8.51. The highest BCUT2D eigenvalue weighted by Crippen LogP contribution is 2.08. The SMILES string of the molecule is NC(=O)C(O)C(O)C(=O)N(CCc1ccccc1)CCc1ccccc1. The minimum atomic E-state index is -1.92. The maximum absolute atomic E-state index is 12.5. The van der Waals surface area contributed by atoms with E-state index in [1.165, 1.54) is 4.90 Å². The third-order valence-electron chi connectivity index (χ3n) is 4.18. The van der Waals surface area contributed by atoms with Gasteiger partial charge in [0.05, 0.1) is 0 Å². The van der Waals surface area contributed by atoms with Gasteiger partial charge in [0.1, 0.15) is 0 Å². The molecule has 0 heterocycles. The maximum Gasteiger partial charge on any atom is 0.254 e. The van der Waals surface area contributed by atoms with Crippen molar-refractivity contribution < 1.29 is 19.8 Å². The van der Waals surface area contributed by atoms with Gasteiger partial charge in [-0.25, -0.2) is 0 Å². The normalized spacial score (nSPS) is 13.0. The fourth-order valence-electron chi connectivity index (χ4n) is 2.63. The molecule has 2 amide bonds. The zero-order valence-electron chi connectivity index (χ0n) is 14.5. The first kappa shape index (κ1) is 19.6. The molecule has 6 nitrogen and oxygen atoms in total. The Morgan fingerprint density at radius 3 is 1.62 bits per heavy atom. The van der Waals surface area contributed by atoms with E-state index in [2.05, 4.69) is 0 Å². The second kappa shape index (κ2) is 9.70. The van der Waals surface area contributed by atoms with Crippen LogP contribution in [0.25, 0.3) is 0 Å². The van der Waals surface area contributed by atoms with Crippen molar-refractivity contribution in [1.29, 1.82) is 0 Å². The summed E-state index contributed by atoms with van der Waals surface area (Å²) in [5.41, 5.74) is 7.09. The first-order valence-corrected chi connectivity index (χ1v) is 8.51. The Morgan fingerprint density at radius 1 is 0.808 bits per heavy atom. The van der Waals surface area contributed by atoms with E-state index in [1.54, 1.807) is 0 Å². The Labute approximate surface area is 152 Å². The number of nitrogens with zero attached hydrogens (tertiary/aromatic N) is 1. The molecule has 0 aliphatic rings. The third kappa shape index (κ3) is 5.68. The molecule has 0 fully saturated rings. The van der Waals surface area contributed by atoms with E-state index in [-0.39, 0.29) is 0 Å². The summed E-state index contributed by atoms with van der Waals surface area (Å²) in [4.78, 5) is 25.1. The highest BCUT2D eigenvalue weighted by molar-refractivity contribution is 5.89. The van der Waals surface area contributed by atoms with E-state index in [4.69, 9.17) is 5.73 Å². The Morgan fingerprint density at radius 2 is 1.23 bits per heavy atom. The van der Waals surface area contributed by atoms with Crippen LogP contribution in [0.4, 0.5) is 0 Å². The third-order valence-corrected chi connectivity index (χ3v) is 4.18. The molecule has 6 heteroatoms. The van der Waals surface area contributed by atoms with Gasteiger partial charge in [0.25, 0.3) is 5.91 Å². The molecule has 2 rings (SSSR count). The van der Waals surface area contributed by atoms with Gasteiger partial charge in [-0.1, -0.05) is 60.7 Å². The summed E-state index contributed by atoms with van der Waals surface area (Å²) in [6.07, 6.45) is -2.58. The van der Waals surface area contributed by atoms with Crippen LogP contribution in [-0.2, 0) is 22.4 Å². The highest BCUT2D eigenvalue weighted by atomic mass is 16.3. The molecular formula is C20H24N2O4. The van der Waals surface area contributed by atoms with E-state index >= 15 is 0 Å². The number of benzene rings is 2. The highest BCUT2D eigenvalue weighted by Gasteiger charge is 2.31. The minimum absolute atomic E-state index is 0.359. The summed E-state index contributed by atoms with van der Waals surface area (Å²) >= 11 is 0. The summed E-state index contributed by atoms with van der Waals surface area (Å²) < 4.78 is 0. The van der Waals surface area contributed by atoms with Crippen molar-refractivity contribution in [3.8, 4) is 0 Å². The van der Waals surface area contributed by atoms with Crippen LogP contribution < -0.4 is 5.73 Å². The van der Waals surface area contributed by atoms with Gasteiger partial charge in [-0.2, -0.15) is 0 Å². The van der Waals surface area contributed by atoms with Crippen molar-refractivity contribution in [1.82, 2.24) is 4.90 Å². The van der Waals surface area contributed by atoms with E-state index in [0.29, 0.717) is 25.9 Å². The number of rotatable bonds is 9. The summed E-state index contributed by atoms with van der Waals surface area (Å²) in [7, 11) is 0. The van der Waals surface area contributed by atoms with Crippen molar-refractivity contribution in [3.63, 3.8) is 0 Å². The van der Waals surface area contributed by atoms with Crippen LogP contribution in [-0.4, -0.2) is 52.2 Å². The fraction of sp³-hybridized carbons (Fsp3) is 0.300. The molecule has 0 aromatic heterocycles. The molecule has 4 N–H and O–H groups in total. The van der Waals surface area contributed by atoms with Gasteiger partial charge < -0.3 is 20.8 Å². The van der Waals surface area contributed by atoms with Crippen LogP contribution >= 0.6 is 0 Å². The monoisotopic (exact) mass is 356 g/mol. The van der Waals surface area contributed by atoms with Crippen molar-refractivity contribution in [2.75, 3.05) is 13.1 Å². The molecular weight excluding hydrogens is 332 g/mol. The Bertz CT molecular complexity index is 663. The number of carbonyl (C=O) groups is 2. The maximum atomic E-state index is 12.5. The molecule has 138 valence electrons. The molecule has 0 saturated heterocycles. The minimum Gasteiger partial charge on any atom is -0.380 e. The number of aliphatic hydroxyl groups is 2. The van der Waals surface area contributed by atoms with E-state index < -0.39 is 24.0 Å². The second-order valence-corrected chi connectivity index (χ2v) is 6.09. The van der Waals surface area contributed by atoms with Gasteiger partial charge in [-0.05, 0) is 24.0 Å². The van der Waals surface area contributed by atoms with Gasteiger partial charge in [-0.15, -0.1) is 0 Å². The number of amides is 2. The molecule has 0 saturated carbocycles. The zero-order chi connectivity index (χ0) is 18.9. The molecule has 2 atom stereocenters. The molecule has 2 aromatic rings. The molecule has 0 aliphatic carbocycles. The number of hydrogen-bond acceptors (Lipinski definition) is 4. The van der Waals surface area contributed by atoms with E-state index in [0.717, 1.165) is 11.1 Å². The van der Waals surface area contributed by atoms with E-state index in [1.807, 2.05) is 60.7 Å². The lowest BCUT2D eigenvalue weighted by Crippen LogP contribution is -2.50. The number of hydrogen-bond donors (Lipinski definition) is 3. The quantitative estimate of drug-likeness (QED) is 0.609. The van der Waals surface area contributed by atoms with Gasteiger partial charge in [0.2, 0.25) is 5.91 Å². The standard InChI is InChI=1S/C20H24N2O4/c21-19(25)17(23)18(24)20(26)22(13-11-15-7-3-1-4-8-15)14-12-16-9-5-2-6-10-16/h1-10,17-18,23-24H,11-14H2,(H2,21,25). The van der Waals surface area contributed by atoms with Crippen LogP contribution in [0.2, 0.25) is 0 Å². The van der Waals surface area contributed by atoms with Crippen molar-refractivity contribution in [2.45, 2.75) is 25.0 Å². The van der Waals surface area contributed by atoms with Crippen LogP contribution in [0.1, 0.15) is 11.1 Å². The fourth-order valence-corrected chi connectivity index (χ4v) is 2.63. The lowest BCUT2D eigenvalue weighted by atomic mass is 10.1. The molecule has 2 unspecified atom stereocenters. The predicted octanol–water partition coefficient (Wildman–Crippen LogP) is 0.508. The number of primary amides is 1. The van der Waals surface area contributed by atoms with Crippen molar-refractivity contribution in [2.24, 2.45) is 5.73 Å². The first-order chi connectivity index (χ1) is 12.5. The summed E-state index contributed by atoms with van der Waals surface area (Å²) in [5.74, 6) is -1.83. The molecule has 0 radical (unpaired) electrons. The Hall–Kier alpha value is -2.70. The molecule has 2 aromatic carbocycles. The van der Waals surface area contributed by atoms with Crippen molar-refractivity contribution in [3.05, 3.63) is 71.8 Å². The van der Waals surface area contributed by atoms with E-state index in [9.17, 15) is 19.8 Å².